The van der Waals surface area contributed by atoms with E-state index < -0.39 is 0 Å². The number of carbonyl (C=O) groups excluding carboxylic acids is 1. The van der Waals surface area contributed by atoms with E-state index in [4.69, 9.17) is 4.42 Å². The predicted molar refractivity (Wildman–Crippen MR) is 94.4 cm³/mol. The summed E-state index contributed by atoms with van der Waals surface area (Å²) in [4.78, 5) is 29.3. The third kappa shape index (κ3) is 2.91. The Bertz CT molecular complexity index is 991. The van der Waals surface area contributed by atoms with E-state index in [9.17, 15) is 9.59 Å². The summed E-state index contributed by atoms with van der Waals surface area (Å²) in [5.41, 5.74) is 0.990. The number of para-hydroxylation sites is 1. The number of aromatic nitrogens is 2. The molecule has 0 aliphatic carbocycles. The number of carbonyl (C=O) groups is 1. The molecule has 25 heavy (non-hydrogen) atoms. The van der Waals surface area contributed by atoms with Crippen molar-refractivity contribution in [2.75, 3.05) is 6.54 Å². The normalized spacial score (nSPS) is 20.8. The van der Waals surface area contributed by atoms with Crippen LogP contribution in [-0.2, 0) is 11.3 Å². The van der Waals surface area contributed by atoms with Crippen LogP contribution >= 0.6 is 0 Å². The van der Waals surface area contributed by atoms with Crippen LogP contribution in [0.3, 0.4) is 0 Å². The van der Waals surface area contributed by atoms with Crippen LogP contribution in [0.15, 0.2) is 39.8 Å². The third-order valence-corrected chi connectivity index (χ3v) is 4.77. The molecule has 3 aromatic rings. The maximum Gasteiger partial charge on any atom is 0.297 e. The summed E-state index contributed by atoms with van der Waals surface area (Å²) >= 11 is 0. The van der Waals surface area contributed by atoms with Gasteiger partial charge in [-0.2, -0.15) is 0 Å². The Kier molecular flexibility index (Phi) is 4.01. The molecule has 0 spiro atoms. The summed E-state index contributed by atoms with van der Waals surface area (Å²) < 4.78 is 6.93. The second-order valence-electron chi connectivity index (χ2n) is 6.51. The van der Waals surface area contributed by atoms with Gasteiger partial charge in [0.15, 0.2) is 0 Å². The standard InChI is InChI=1S/C18H20N4O3/c1-11-13(6-4-8-19-11)21-15(23)9-22-10-20-16-12-5-2-3-7-14(12)25-17(16)18(22)24/h2-3,5,7,10-11,13,19H,4,6,8-9H2,1H3,(H,21,23). The predicted octanol–water partition coefficient (Wildman–Crippen LogP) is 1.40. The molecule has 130 valence electrons. The van der Waals surface area contributed by atoms with Gasteiger partial charge in [0.05, 0.1) is 6.33 Å². The molecule has 4 rings (SSSR count). The van der Waals surface area contributed by atoms with Crippen LogP contribution < -0.4 is 16.2 Å². The molecule has 1 fully saturated rings. The highest BCUT2D eigenvalue weighted by atomic mass is 16.3. The lowest BCUT2D eigenvalue weighted by molar-refractivity contribution is -0.122. The fraction of sp³-hybridized carbons (Fsp3) is 0.389. The van der Waals surface area contributed by atoms with Crippen LogP contribution in [0.4, 0.5) is 0 Å². The lowest BCUT2D eigenvalue weighted by atomic mass is 10.00. The fourth-order valence-corrected chi connectivity index (χ4v) is 3.38. The van der Waals surface area contributed by atoms with E-state index in [0.717, 1.165) is 24.8 Å². The molecule has 3 heterocycles. The van der Waals surface area contributed by atoms with Crippen molar-refractivity contribution in [3.8, 4) is 0 Å². The minimum Gasteiger partial charge on any atom is -0.448 e. The summed E-state index contributed by atoms with van der Waals surface area (Å²) in [6, 6.07) is 7.69. The molecule has 1 amide bonds. The van der Waals surface area contributed by atoms with Crippen LogP contribution in [0.1, 0.15) is 19.8 Å². The molecular weight excluding hydrogens is 320 g/mol. The van der Waals surface area contributed by atoms with E-state index >= 15 is 0 Å². The van der Waals surface area contributed by atoms with Crippen molar-refractivity contribution in [1.82, 2.24) is 20.2 Å². The van der Waals surface area contributed by atoms with Gasteiger partial charge in [-0.15, -0.1) is 0 Å². The number of nitrogens with zero attached hydrogens (tertiary/aromatic N) is 2. The van der Waals surface area contributed by atoms with Crippen molar-refractivity contribution in [2.45, 2.75) is 38.4 Å². The molecular formula is C18H20N4O3. The van der Waals surface area contributed by atoms with Gasteiger partial charge in [-0.05, 0) is 38.4 Å². The van der Waals surface area contributed by atoms with Crippen molar-refractivity contribution in [1.29, 1.82) is 0 Å². The van der Waals surface area contributed by atoms with Crippen LogP contribution in [0.5, 0.6) is 0 Å². The minimum absolute atomic E-state index is 0.0674. The second-order valence-corrected chi connectivity index (χ2v) is 6.51. The molecule has 7 heteroatoms. The first-order valence-corrected chi connectivity index (χ1v) is 8.53. The molecule has 2 unspecified atom stereocenters. The number of fused-ring (bicyclic) bond motifs is 3. The summed E-state index contributed by atoms with van der Waals surface area (Å²) in [5.74, 6) is -0.195. The highest BCUT2D eigenvalue weighted by Crippen LogP contribution is 2.23. The zero-order valence-corrected chi connectivity index (χ0v) is 14.0. The molecule has 1 aliphatic rings. The van der Waals surface area contributed by atoms with E-state index in [1.165, 1.54) is 10.9 Å². The highest BCUT2D eigenvalue weighted by Gasteiger charge is 2.23. The first kappa shape index (κ1) is 15.8. The van der Waals surface area contributed by atoms with Gasteiger partial charge in [0, 0.05) is 17.5 Å². The van der Waals surface area contributed by atoms with Crippen molar-refractivity contribution in [3.05, 3.63) is 40.9 Å². The Morgan fingerprint density at radius 1 is 1.44 bits per heavy atom. The topological polar surface area (TPSA) is 89.2 Å². The van der Waals surface area contributed by atoms with Crippen LogP contribution in [0, 0.1) is 0 Å². The zero-order valence-electron chi connectivity index (χ0n) is 14.0. The SMILES string of the molecule is CC1NCCCC1NC(=O)Cn1cnc2c(oc3ccccc32)c1=O. The van der Waals surface area contributed by atoms with E-state index in [1.54, 1.807) is 6.07 Å². The lowest BCUT2D eigenvalue weighted by Gasteiger charge is -2.30. The number of amides is 1. The largest absolute Gasteiger partial charge is 0.448 e. The first-order chi connectivity index (χ1) is 12.1. The minimum atomic E-state index is -0.342. The molecule has 2 aromatic heterocycles. The summed E-state index contributed by atoms with van der Waals surface area (Å²) in [5, 5.41) is 7.14. The van der Waals surface area contributed by atoms with E-state index in [0.29, 0.717) is 11.1 Å². The molecule has 1 saturated heterocycles. The summed E-state index contributed by atoms with van der Waals surface area (Å²) in [6.45, 7) is 2.96. The first-order valence-electron chi connectivity index (χ1n) is 8.53. The number of hydrogen-bond donors (Lipinski definition) is 2. The van der Waals surface area contributed by atoms with Crippen molar-refractivity contribution in [3.63, 3.8) is 0 Å². The smallest absolute Gasteiger partial charge is 0.297 e. The van der Waals surface area contributed by atoms with Gasteiger partial charge in [-0.3, -0.25) is 14.2 Å². The van der Waals surface area contributed by atoms with E-state index in [-0.39, 0.29) is 35.7 Å². The maximum atomic E-state index is 12.6. The van der Waals surface area contributed by atoms with Crippen LogP contribution in [0.2, 0.25) is 0 Å². The number of nitrogens with one attached hydrogen (secondary N) is 2. The molecule has 0 bridgehead atoms. The van der Waals surface area contributed by atoms with Crippen molar-refractivity contribution < 1.29 is 9.21 Å². The van der Waals surface area contributed by atoms with Gasteiger partial charge in [0.2, 0.25) is 11.5 Å². The second kappa shape index (κ2) is 6.33. The highest BCUT2D eigenvalue weighted by molar-refractivity contribution is 6.01. The van der Waals surface area contributed by atoms with Crippen molar-refractivity contribution in [2.24, 2.45) is 0 Å². The quantitative estimate of drug-likeness (QED) is 0.752. The molecule has 2 atom stereocenters. The van der Waals surface area contributed by atoms with Crippen molar-refractivity contribution >= 4 is 28.0 Å². The Hall–Kier alpha value is -2.67. The van der Waals surface area contributed by atoms with Gasteiger partial charge in [-0.25, -0.2) is 4.98 Å². The number of piperidine rings is 1. The molecule has 0 radical (unpaired) electrons. The monoisotopic (exact) mass is 340 g/mol. The average molecular weight is 340 g/mol. The van der Waals surface area contributed by atoms with E-state index in [1.807, 2.05) is 18.2 Å². The van der Waals surface area contributed by atoms with Gasteiger partial charge < -0.3 is 15.1 Å². The van der Waals surface area contributed by atoms with Crippen LogP contribution in [-0.4, -0.2) is 34.1 Å². The molecule has 1 aromatic carbocycles. The van der Waals surface area contributed by atoms with Gasteiger partial charge in [0.1, 0.15) is 17.6 Å². The Labute approximate surface area is 144 Å². The molecule has 1 aliphatic heterocycles. The van der Waals surface area contributed by atoms with Gasteiger partial charge >= 0.3 is 0 Å². The fourth-order valence-electron chi connectivity index (χ4n) is 3.38. The Balaban J connectivity index is 1.59. The Morgan fingerprint density at radius 2 is 2.28 bits per heavy atom. The number of furan rings is 1. The molecule has 7 nitrogen and oxygen atoms in total. The summed E-state index contributed by atoms with van der Waals surface area (Å²) in [6.07, 6.45) is 3.38. The Morgan fingerprint density at radius 3 is 3.12 bits per heavy atom. The number of rotatable bonds is 3. The summed E-state index contributed by atoms with van der Waals surface area (Å²) in [7, 11) is 0. The van der Waals surface area contributed by atoms with Gasteiger partial charge in [0.25, 0.3) is 5.56 Å². The van der Waals surface area contributed by atoms with E-state index in [2.05, 4.69) is 22.5 Å². The van der Waals surface area contributed by atoms with Crippen LogP contribution in [0.25, 0.3) is 22.1 Å². The third-order valence-electron chi connectivity index (χ3n) is 4.77. The molecule has 0 saturated carbocycles. The van der Waals surface area contributed by atoms with Gasteiger partial charge in [-0.1, -0.05) is 12.1 Å². The number of hydrogen-bond acceptors (Lipinski definition) is 5. The average Bonchev–Trinajstić information content (AvgIpc) is 2.99. The zero-order chi connectivity index (χ0) is 17.4. The maximum absolute atomic E-state index is 12.6. The lowest BCUT2D eigenvalue weighted by Crippen LogP contribution is -2.52. The molecule has 2 N–H and O–H groups in total. The number of benzene rings is 1.